The van der Waals surface area contributed by atoms with Crippen molar-refractivity contribution in [3.05, 3.63) is 33.2 Å². The molecule has 2 amide bonds. The first-order valence-corrected chi connectivity index (χ1v) is 14.2. The molecule has 0 saturated carbocycles. The first-order chi connectivity index (χ1) is 16.5. The fourth-order valence-corrected chi connectivity index (χ4v) is 6.05. The van der Waals surface area contributed by atoms with Crippen LogP contribution in [-0.2, 0) is 24.4 Å². The van der Waals surface area contributed by atoms with Gasteiger partial charge in [0.15, 0.2) is 10.8 Å². The summed E-state index contributed by atoms with van der Waals surface area (Å²) in [6, 6.07) is -1.02. The van der Waals surface area contributed by atoms with Crippen molar-refractivity contribution in [3.63, 3.8) is 0 Å². The summed E-state index contributed by atoms with van der Waals surface area (Å²) in [5.41, 5.74) is 4.96. The molecule has 0 bridgehead atoms. The summed E-state index contributed by atoms with van der Waals surface area (Å²) < 4.78 is 24.0. The zero-order valence-electron chi connectivity index (χ0n) is 17.8. The zero-order valence-corrected chi connectivity index (χ0v) is 21.1. The third-order valence-corrected chi connectivity index (χ3v) is 8.00. The molecule has 18 heteroatoms. The predicted molar refractivity (Wildman–Crippen MR) is 133 cm³/mol. The lowest BCUT2D eigenvalue weighted by Gasteiger charge is -2.49. The van der Waals surface area contributed by atoms with Gasteiger partial charge in [-0.1, -0.05) is 23.0 Å². The Morgan fingerprint density at radius 3 is 2.80 bits per heavy atom. The first kappa shape index (κ1) is 26.5. The Kier molecular flexibility index (Phi) is 8.41. The number of aliphatic imine (C=N–C) groups is 1. The molecule has 3 heterocycles. The number of hydrogen-bond donors (Lipinski definition) is 5. The molecule has 1 saturated heterocycles. The molecule has 0 radical (unpaired) electrons. The van der Waals surface area contributed by atoms with E-state index in [0.717, 1.165) is 40.6 Å². The number of oxime groups is 1. The molecule has 0 spiro atoms. The number of nitrogens with two attached hydrogens (primary N) is 1. The van der Waals surface area contributed by atoms with Crippen LogP contribution >= 0.6 is 34.9 Å². The minimum absolute atomic E-state index is 0.0421. The van der Waals surface area contributed by atoms with Crippen molar-refractivity contribution in [3.8, 4) is 0 Å². The van der Waals surface area contributed by atoms with E-state index in [4.69, 9.17) is 5.73 Å². The van der Waals surface area contributed by atoms with Crippen molar-refractivity contribution in [1.29, 1.82) is 0 Å². The normalized spacial score (nSPS) is 20.8. The number of amides is 2. The number of carbonyl (C=O) groups excluding carboxylic acids is 2. The monoisotopic (exact) mass is 561 g/mol. The van der Waals surface area contributed by atoms with E-state index in [1.54, 1.807) is 11.5 Å². The number of rotatable bonds is 10. The molecule has 0 aromatic carbocycles. The van der Waals surface area contributed by atoms with Gasteiger partial charge in [0.25, 0.3) is 11.8 Å². The highest BCUT2D eigenvalue weighted by Crippen LogP contribution is 2.43. The molecule has 1 unspecified atom stereocenters. The van der Waals surface area contributed by atoms with Gasteiger partial charge in [-0.05, 0) is 5.41 Å². The minimum atomic E-state index is -3.39. The van der Waals surface area contributed by atoms with E-state index in [1.807, 2.05) is 0 Å². The van der Waals surface area contributed by atoms with Gasteiger partial charge in [-0.15, -0.1) is 23.1 Å². The summed E-state index contributed by atoms with van der Waals surface area (Å²) in [6.07, 6.45) is 3.62. The van der Waals surface area contributed by atoms with E-state index in [0.29, 0.717) is 4.91 Å². The lowest BCUT2D eigenvalue weighted by atomic mass is 10.0. The summed E-state index contributed by atoms with van der Waals surface area (Å²) in [7, 11) is -3.39. The third-order valence-electron chi connectivity index (χ3n) is 4.38. The van der Waals surface area contributed by atoms with Gasteiger partial charge in [0.2, 0.25) is 10.0 Å². The van der Waals surface area contributed by atoms with Crippen molar-refractivity contribution in [2.45, 2.75) is 11.4 Å². The molecule has 35 heavy (non-hydrogen) atoms. The van der Waals surface area contributed by atoms with Crippen LogP contribution in [0.4, 0.5) is 5.13 Å². The number of aromatic nitrogens is 1. The Labute approximate surface area is 211 Å². The number of nitrogens with zero attached hydrogens (tertiary/aromatic N) is 4. The van der Waals surface area contributed by atoms with Crippen LogP contribution < -0.4 is 15.8 Å². The maximum atomic E-state index is 12.7. The van der Waals surface area contributed by atoms with Crippen molar-refractivity contribution in [2.75, 3.05) is 24.3 Å². The summed E-state index contributed by atoms with van der Waals surface area (Å²) in [6.45, 7) is 0.150. The van der Waals surface area contributed by atoms with Gasteiger partial charge in [-0.25, -0.2) is 18.2 Å². The predicted octanol–water partition coefficient (Wildman–Crippen LogP) is -0.576. The number of carboxylic acid groups (broad SMARTS) is 1. The molecule has 1 aromatic heterocycles. The number of hydrogen-bond acceptors (Lipinski definition) is 13. The summed E-state index contributed by atoms with van der Waals surface area (Å²) >= 11 is 3.40. The van der Waals surface area contributed by atoms with Crippen molar-refractivity contribution in [1.82, 2.24) is 19.9 Å². The Morgan fingerprint density at radius 1 is 1.46 bits per heavy atom. The number of thiazole rings is 1. The van der Waals surface area contributed by atoms with E-state index in [2.05, 4.69) is 25.2 Å². The van der Waals surface area contributed by atoms with Crippen LogP contribution in [0.15, 0.2) is 37.6 Å². The van der Waals surface area contributed by atoms with E-state index in [-0.39, 0.29) is 28.8 Å². The van der Waals surface area contributed by atoms with E-state index >= 15 is 0 Å². The van der Waals surface area contributed by atoms with Crippen molar-refractivity contribution in [2.24, 2.45) is 10.1 Å². The number of thioether (sulfide) groups is 2. The summed E-state index contributed by atoms with van der Waals surface area (Å²) in [4.78, 5) is 46.4. The number of fused-ring (bicyclic) bond motifs is 1. The summed E-state index contributed by atoms with van der Waals surface area (Å²) in [5.74, 6) is -2.51. The SMILES string of the molecule is CS(=O)(=O)NC=NC/C=C\SC1=C(C(=O)O)N2C(=O)C(NC(=O)/C(=N\O)c3csc(N)n3)[C@H]2SC1. The number of anilines is 1. The zero-order chi connectivity index (χ0) is 25.8. The molecule has 2 aliphatic rings. The lowest BCUT2D eigenvalue weighted by molar-refractivity contribution is -0.150. The van der Waals surface area contributed by atoms with Crippen LogP contribution in [0, 0.1) is 0 Å². The quantitative estimate of drug-likeness (QED) is 0.0800. The molecular weight excluding hydrogens is 542 g/mol. The van der Waals surface area contributed by atoms with Crippen LogP contribution in [0.5, 0.6) is 0 Å². The summed E-state index contributed by atoms with van der Waals surface area (Å²) in [5, 5.41) is 26.8. The number of carbonyl (C=O) groups is 3. The second-order valence-corrected chi connectivity index (χ2v) is 11.6. The topological polar surface area (TPSA) is 217 Å². The van der Waals surface area contributed by atoms with Gasteiger partial charge in [-0.2, -0.15) is 0 Å². The van der Waals surface area contributed by atoms with E-state index in [9.17, 15) is 33.1 Å². The number of β-lactam (4-membered cyclic amide) rings is 1. The molecule has 3 rings (SSSR count). The lowest BCUT2D eigenvalue weighted by Crippen LogP contribution is -2.71. The van der Waals surface area contributed by atoms with Crippen molar-refractivity contribution < 1.29 is 33.1 Å². The number of nitrogen functional groups attached to an aromatic ring is 1. The average molecular weight is 562 g/mol. The largest absolute Gasteiger partial charge is 0.477 e. The average Bonchev–Trinajstić information content (AvgIpc) is 3.21. The smallest absolute Gasteiger partial charge is 0.353 e. The molecule has 188 valence electrons. The number of carboxylic acids is 1. The number of aliphatic carboxylic acids is 1. The highest BCUT2D eigenvalue weighted by molar-refractivity contribution is 8.08. The molecule has 2 aliphatic heterocycles. The van der Waals surface area contributed by atoms with Gasteiger partial charge in [0.1, 0.15) is 22.8 Å². The molecule has 14 nitrogen and oxygen atoms in total. The van der Waals surface area contributed by atoms with Crippen LogP contribution in [0.1, 0.15) is 5.69 Å². The molecule has 0 aliphatic carbocycles. The van der Waals surface area contributed by atoms with Gasteiger partial charge < -0.3 is 21.4 Å². The van der Waals surface area contributed by atoms with Crippen LogP contribution in [0.25, 0.3) is 0 Å². The highest BCUT2D eigenvalue weighted by Gasteiger charge is 2.54. The molecule has 1 aromatic rings. The Hall–Kier alpha value is -3.09. The van der Waals surface area contributed by atoms with Crippen molar-refractivity contribution >= 4 is 79.8 Å². The number of nitrogens with one attached hydrogen (secondary N) is 2. The molecular formula is C17H19N7O7S4. The Balaban J connectivity index is 1.65. The van der Waals surface area contributed by atoms with E-state index < -0.39 is 44.9 Å². The second kappa shape index (κ2) is 11.1. The van der Waals surface area contributed by atoms with Crippen LogP contribution in [-0.4, -0.2) is 88.4 Å². The highest BCUT2D eigenvalue weighted by atomic mass is 32.2. The Morgan fingerprint density at radius 2 is 2.20 bits per heavy atom. The van der Waals surface area contributed by atoms with Crippen LogP contribution in [0.2, 0.25) is 0 Å². The molecule has 2 atom stereocenters. The maximum absolute atomic E-state index is 12.7. The standard InChI is InChI=1S/C17H19N7O7S4/c1-35(30,31)20-7-19-3-2-4-32-9-6-33-15-11(14(26)24(15)12(9)16(27)28)22-13(25)10(23-29)8-5-34-17(18)21-8/h2,4-5,7,11,15,29H,3,6H2,1H3,(H2,18,21)(H,19,20)(H,22,25)(H,27,28)/b4-2-,23-10-/t11?,15-/m1/s1. The van der Waals surface area contributed by atoms with Gasteiger partial charge >= 0.3 is 5.97 Å². The number of sulfonamides is 1. The van der Waals surface area contributed by atoms with Crippen LogP contribution in [0.3, 0.4) is 0 Å². The molecule has 1 fully saturated rings. The third kappa shape index (κ3) is 6.32. The fourth-order valence-electron chi connectivity index (χ4n) is 2.92. The Bertz CT molecular complexity index is 1260. The van der Waals surface area contributed by atoms with Gasteiger partial charge in [-0.3, -0.25) is 24.2 Å². The maximum Gasteiger partial charge on any atom is 0.353 e. The van der Waals surface area contributed by atoms with Gasteiger partial charge in [0, 0.05) is 16.0 Å². The fraction of sp³-hybridized carbons (Fsp3) is 0.294. The second-order valence-electron chi connectivity index (χ2n) is 6.83. The van der Waals surface area contributed by atoms with E-state index in [1.165, 1.54) is 17.1 Å². The first-order valence-electron chi connectivity index (χ1n) is 9.46. The minimum Gasteiger partial charge on any atom is -0.477 e. The molecule has 6 N–H and O–H groups in total. The van der Waals surface area contributed by atoms with Gasteiger partial charge in [0.05, 0.1) is 19.1 Å².